The van der Waals surface area contributed by atoms with Gasteiger partial charge in [-0.15, -0.1) is 0 Å². The number of hydrogen-bond acceptors (Lipinski definition) is 7. The van der Waals surface area contributed by atoms with E-state index in [0.29, 0.717) is 0 Å². The van der Waals surface area contributed by atoms with E-state index in [0.717, 1.165) is 81.3 Å². The number of aldehydes is 1. The highest BCUT2D eigenvalue weighted by Crippen LogP contribution is 2.58. The topological polar surface area (TPSA) is 60.5 Å². The molecule has 0 bridgehead atoms. The molecule has 2 aromatic rings. The third kappa shape index (κ3) is 4.48. The summed E-state index contributed by atoms with van der Waals surface area (Å²) < 4.78 is 23.1. The molecule has 7 heteroatoms. The van der Waals surface area contributed by atoms with Crippen molar-refractivity contribution in [1.82, 2.24) is 9.80 Å². The third-order valence-corrected chi connectivity index (χ3v) is 9.74. The van der Waals surface area contributed by atoms with Crippen molar-refractivity contribution >= 4 is 6.29 Å². The van der Waals surface area contributed by atoms with E-state index in [4.69, 9.17) is 18.9 Å². The average molecular weight is 537 g/mol. The smallest absolute Gasteiger partial charge is 0.161 e. The summed E-state index contributed by atoms with van der Waals surface area (Å²) in [4.78, 5) is 17.6. The monoisotopic (exact) mass is 536 g/mol. The van der Waals surface area contributed by atoms with Gasteiger partial charge < -0.3 is 23.7 Å². The van der Waals surface area contributed by atoms with Crippen molar-refractivity contribution in [2.45, 2.75) is 57.5 Å². The molecule has 2 aliphatic heterocycles. The molecule has 1 saturated carbocycles. The van der Waals surface area contributed by atoms with Gasteiger partial charge in [0, 0.05) is 31.0 Å². The molecule has 0 saturated heterocycles. The molecular formula is C32H44N2O5. The van der Waals surface area contributed by atoms with Crippen LogP contribution in [0.5, 0.6) is 23.0 Å². The van der Waals surface area contributed by atoms with Crippen LogP contribution in [0.3, 0.4) is 0 Å². The number of hydrogen-bond donors (Lipinski definition) is 0. The number of likely N-dealkylation sites (N-methyl/N-ethyl adjacent to an activating group) is 2. The van der Waals surface area contributed by atoms with Crippen LogP contribution in [0.25, 0.3) is 0 Å². The second kappa shape index (κ2) is 11.4. The Morgan fingerprint density at radius 3 is 2.08 bits per heavy atom. The summed E-state index contributed by atoms with van der Waals surface area (Å²) in [5.74, 6) is 3.35. The van der Waals surface area contributed by atoms with Gasteiger partial charge in [-0.3, -0.25) is 9.80 Å². The molecule has 1 aliphatic carbocycles. The van der Waals surface area contributed by atoms with E-state index in [1.54, 1.807) is 28.4 Å². The lowest BCUT2D eigenvalue weighted by atomic mass is 9.58. The number of nitrogens with zero attached hydrogens (tertiary/aromatic N) is 2. The molecule has 2 heterocycles. The molecule has 0 radical (unpaired) electrons. The Kier molecular flexibility index (Phi) is 8.11. The first-order valence-electron chi connectivity index (χ1n) is 14.4. The first-order chi connectivity index (χ1) is 19.0. The van der Waals surface area contributed by atoms with Gasteiger partial charge in [-0.2, -0.15) is 0 Å². The molecule has 7 nitrogen and oxygen atoms in total. The molecule has 0 N–H and O–H groups in total. The zero-order valence-corrected chi connectivity index (χ0v) is 24.4. The number of benzene rings is 2. The average Bonchev–Trinajstić information content (AvgIpc) is 2.99. The molecule has 1 fully saturated rings. The van der Waals surface area contributed by atoms with Crippen molar-refractivity contribution in [3.8, 4) is 23.0 Å². The second-order valence-electron chi connectivity index (χ2n) is 11.1. The van der Waals surface area contributed by atoms with Crippen LogP contribution in [0.2, 0.25) is 0 Å². The van der Waals surface area contributed by atoms with Crippen LogP contribution in [-0.4, -0.2) is 70.7 Å². The molecule has 39 heavy (non-hydrogen) atoms. The number of carbonyl (C=O) groups is 1. The van der Waals surface area contributed by atoms with Crippen LogP contribution in [0.4, 0.5) is 0 Å². The van der Waals surface area contributed by atoms with Crippen LogP contribution in [0.15, 0.2) is 24.3 Å². The predicted octanol–water partition coefficient (Wildman–Crippen LogP) is 5.03. The Labute approximate surface area is 233 Å². The second-order valence-corrected chi connectivity index (χ2v) is 11.1. The van der Waals surface area contributed by atoms with Crippen molar-refractivity contribution in [2.24, 2.45) is 11.8 Å². The summed E-state index contributed by atoms with van der Waals surface area (Å²) in [5, 5.41) is 0. The minimum atomic E-state index is -0.221. The van der Waals surface area contributed by atoms with E-state index in [2.05, 4.69) is 47.9 Å². The number of methoxy groups -OCH3 is 4. The maximum Gasteiger partial charge on any atom is 0.161 e. The normalized spacial score (nSPS) is 27.0. The van der Waals surface area contributed by atoms with Crippen molar-refractivity contribution in [3.63, 3.8) is 0 Å². The fourth-order valence-corrected chi connectivity index (χ4v) is 7.92. The SMILES string of the molecule is CCN1CCc2cc(OC)c(OC)cc2C1C1CC(C=O)CCC12c1cc(OC)c(OC)cc1CCN2CC. The highest BCUT2D eigenvalue weighted by atomic mass is 16.5. The fourth-order valence-electron chi connectivity index (χ4n) is 7.92. The lowest BCUT2D eigenvalue weighted by molar-refractivity contribution is -0.117. The van der Waals surface area contributed by atoms with E-state index < -0.39 is 0 Å². The molecule has 4 atom stereocenters. The molecule has 2 aromatic carbocycles. The molecule has 212 valence electrons. The minimum Gasteiger partial charge on any atom is -0.493 e. The largest absolute Gasteiger partial charge is 0.493 e. The summed E-state index contributed by atoms with van der Waals surface area (Å²) in [5.41, 5.74) is 5.07. The predicted molar refractivity (Wildman–Crippen MR) is 152 cm³/mol. The van der Waals surface area contributed by atoms with E-state index >= 15 is 0 Å². The lowest BCUT2D eigenvalue weighted by Gasteiger charge is -2.59. The molecular weight excluding hydrogens is 492 g/mol. The number of ether oxygens (including phenoxy) is 4. The first-order valence-corrected chi connectivity index (χ1v) is 14.4. The highest BCUT2D eigenvalue weighted by molar-refractivity contribution is 5.57. The number of carbonyl (C=O) groups excluding carboxylic acids is 1. The van der Waals surface area contributed by atoms with Gasteiger partial charge in [-0.05, 0) is 91.7 Å². The van der Waals surface area contributed by atoms with Crippen LogP contribution >= 0.6 is 0 Å². The zero-order valence-electron chi connectivity index (χ0n) is 24.4. The Morgan fingerprint density at radius 1 is 0.846 bits per heavy atom. The van der Waals surface area contributed by atoms with Gasteiger partial charge in [0.1, 0.15) is 6.29 Å². The minimum absolute atomic E-state index is 0.0501. The Bertz CT molecular complexity index is 1200. The van der Waals surface area contributed by atoms with E-state index in [9.17, 15) is 4.79 Å². The van der Waals surface area contributed by atoms with Crippen molar-refractivity contribution < 1.29 is 23.7 Å². The van der Waals surface area contributed by atoms with E-state index in [-0.39, 0.29) is 23.4 Å². The van der Waals surface area contributed by atoms with E-state index in [1.807, 2.05) is 0 Å². The fraction of sp³-hybridized carbons (Fsp3) is 0.594. The van der Waals surface area contributed by atoms with Gasteiger partial charge in [0.2, 0.25) is 0 Å². The van der Waals surface area contributed by atoms with Gasteiger partial charge in [0.05, 0.1) is 34.0 Å². The summed E-state index contributed by atoms with van der Waals surface area (Å²) in [7, 11) is 6.83. The Morgan fingerprint density at radius 2 is 1.46 bits per heavy atom. The zero-order chi connectivity index (χ0) is 27.7. The van der Waals surface area contributed by atoms with Crippen LogP contribution in [-0.2, 0) is 23.2 Å². The van der Waals surface area contributed by atoms with Gasteiger partial charge in [0.25, 0.3) is 0 Å². The summed E-state index contributed by atoms with van der Waals surface area (Å²) in [6.45, 7) is 8.39. The summed E-state index contributed by atoms with van der Waals surface area (Å²) >= 11 is 0. The van der Waals surface area contributed by atoms with Gasteiger partial charge in [0.15, 0.2) is 23.0 Å². The number of rotatable bonds is 8. The van der Waals surface area contributed by atoms with Gasteiger partial charge in [-0.25, -0.2) is 0 Å². The standard InChI is InChI=1S/C32H44N2O5/c1-7-33-13-10-22-16-27(36-3)29(38-5)18-24(22)31(33)26-15-21(20-35)9-12-32(26)25-19-30(39-6)28(37-4)17-23(25)11-14-34(32)8-2/h16-21,26,31H,7-15H2,1-6H3. The highest BCUT2D eigenvalue weighted by Gasteiger charge is 2.55. The Balaban J connectivity index is 1.76. The van der Waals surface area contributed by atoms with Crippen LogP contribution < -0.4 is 18.9 Å². The molecule has 0 aromatic heterocycles. The summed E-state index contributed by atoms with van der Waals surface area (Å²) in [6, 6.07) is 8.94. The molecule has 0 amide bonds. The molecule has 4 unspecified atom stereocenters. The quantitative estimate of drug-likeness (QED) is 0.439. The van der Waals surface area contributed by atoms with Crippen molar-refractivity contribution in [3.05, 3.63) is 46.5 Å². The van der Waals surface area contributed by atoms with Gasteiger partial charge >= 0.3 is 0 Å². The maximum absolute atomic E-state index is 12.3. The van der Waals surface area contributed by atoms with Crippen molar-refractivity contribution in [1.29, 1.82) is 0 Å². The summed E-state index contributed by atoms with van der Waals surface area (Å²) in [6.07, 6.45) is 5.82. The van der Waals surface area contributed by atoms with Crippen LogP contribution in [0, 0.1) is 11.8 Å². The molecule has 5 rings (SSSR count). The van der Waals surface area contributed by atoms with Crippen LogP contribution in [0.1, 0.15) is 61.4 Å². The molecule has 3 aliphatic rings. The molecule has 1 spiro atoms. The third-order valence-electron chi connectivity index (χ3n) is 9.74. The lowest BCUT2D eigenvalue weighted by Crippen LogP contribution is -2.60. The van der Waals surface area contributed by atoms with Crippen molar-refractivity contribution in [2.75, 3.05) is 54.6 Å². The maximum atomic E-state index is 12.3. The Hall–Kier alpha value is -2.77. The van der Waals surface area contributed by atoms with Gasteiger partial charge in [-0.1, -0.05) is 13.8 Å². The first kappa shape index (κ1) is 27.8. The van der Waals surface area contributed by atoms with E-state index in [1.165, 1.54) is 28.5 Å². The number of fused-ring (bicyclic) bond motifs is 3.